The standard InChI is InChI=1S/C34H32O4.C33H26N2O4.C16H6O6.C15H18N2.CO2/c1-5-31(35)29-19-14-26(21-30(29)33(37)38)24-10-12-25(13-11-24)32(36)20-23-8-17-28(18-9-23)34(3,4)27-15-6-22(2)7-16-27;1-19-5-9-22(10-6-19)33(2,3)23-11-13-24(14-12-23)35-31(38)26-16-8-21(18-28(26)32(35)39)20-7-15-25-27(17-20)30(37)34(4)29(25)36;17-13-9-3-1-7(5-11(9)15(19)21-13)8-2-4-10-12(6-8)16(20)22-14(10)18;1-15(2,11-3-7-13(16)8-4-11)12-5-9-14(17)10-6-12;2-1-3/h6-19,21H,5,20H2,1-4H3,(H,37,38);5-18H,1-4H3;1-6H;3-10H,16-17H2,1-2H3;. The zero-order chi connectivity index (χ0) is 85.7. The van der Waals surface area contributed by atoms with Gasteiger partial charge in [-0.15, -0.1) is 0 Å². The van der Waals surface area contributed by atoms with Crippen LogP contribution in [0.15, 0.2) is 261 Å². The predicted molar refractivity (Wildman–Crippen MR) is 451 cm³/mol. The number of carbonyl (C=O) groups excluding carboxylic acids is 12. The van der Waals surface area contributed by atoms with Crippen LogP contribution in [0.2, 0.25) is 0 Å². The van der Waals surface area contributed by atoms with Crippen molar-refractivity contribution in [3.05, 3.63) is 372 Å². The molecule has 0 saturated heterocycles. The average Bonchev–Trinajstić information content (AvgIpc) is 1.61. The summed E-state index contributed by atoms with van der Waals surface area (Å²) in [5.74, 6) is -5.52. The third-order valence-corrected chi connectivity index (χ3v) is 22.0. The Bertz CT molecular complexity index is 6010. The molecule has 0 spiro atoms. The smallest absolute Gasteiger partial charge is 0.373 e. The molecule has 0 aliphatic carbocycles. The van der Waals surface area contributed by atoms with Crippen molar-refractivity contribution in [3.63, 3.8) is 0 Å². The molecule has 20 heteroatoms. The lowest BCUT2D eigenvalue weighted by Gasteiger charge is -2.27. The number of amides is 4. The summed E-state index contributed by atoms with van der Waals surface area (Å²) in [4.78, 5) is 153. The van der Waals surface area contributed by atoms with E-state index in [9.17, 15) is 57.8 Å². The van der Waals surface area contributed by atoms with Crippen molar-refractivity contribution in [2.24, 2.45) is 0 Å². The lowest BCUT2D eigenvalue weighted by molar-refractivity contribution is -0.191. The zero-order valence-electron chi connectivity index (χ0n) is 66.9. The van der Waals surface area contributed by atoms with E-state index in [1.165, 1.54) is 81.2 Å². The second kappa shape index (κ2) is 34.2. The summed E-state index contributed by atoms with van der Waals surface area (Å²) in [7, 11) is 1.45. The van der Waals surface area contributed by atoms with Crippen LogP contribution in [0, 0.1) is 13.8 Å². The van der Waals surface area contributed by atoms with Crippen molar-refractivity contribution in [2.75, 3.05) is 23.4 Å². The van der Waals surface area contributed by atoms with Crippen LogP contribution in [0.25, 0.3) is 33.4 Å². The number of esters is 4. The van der Waals surface area contributed by atoms with Crippen molar-refractivity contribution in [1.82, 2.24) is 4.90 Å². The fourth-order valence-electron chi connectivity index (χ4n) is 14.5. The second-order valence-electron chi connectivity index (χ2n) is 30.7. The lowest BCUT2D eigenvalue weighted by Crippen LogP contribution is -2.29. The van der Waals surface area contributed by atoms with E-state index < -0.39 is 35.8 Å². The van der Waals surface area contributed by atoms with Crippen LogP contribution in [0.3, 0.4) is 0 Å². The van der Waals surface area contributed by atoms with Crippen LogP contribution in [-0.2, 0) is 41.7 Å². The quantitative estimate of drug-likeness (QED) is 0.0266. The Balaban J connectivity index is 0.000000151. The van der Waals surface area contributed by atoms with Gasteiger partial charge in [-0.2, -0.15) is 9.59 Å². The van der Waals surface area contributed by atoms with Gasteiger partial charge in [0.05, 0.1) is 55.8 Å². The number of anilines is 3. The molecule has 0 radical (unpaired) electrons. The highest BCUT2D eigenvalue weighted by atomic mass is 16.6. The highest BCUT2D eigenvalue weighted by Crippen LogP contribution is 2.40. The molecule has 12 aromatic carbocycles. The molecule has 0 atom stereocenters. The monoisotopic (exact) mass is 1580 g/mol. The maximum atomic E-state index is 13.5. The van der Waals surface area contributed by atoms with Gasteiger partial charge >= 0.3 is 36.0 Å². The Kier molecular flexibility index (Phi) is 24.0. The first kappa shape index (κ1) is 83.4. The van der Waals surface area contributed by atoms with Gasteiger partial charge in [0.15, 0.2) is 11.6 Å². The van der Waals surface area contributed by atoms with Gasteiger partial charge in [-0.05, 0) is 183 Å². The molecule has 4 amide bonds. The van der Waals surface area contributed by atoms with Crippen LogP contribution in [0.4, 0.5) is 17.1 Å². The molecule has 5 N–H and O–H groups in total. The van der Waals surface area contributed by atoms with Crippen molar-refractivity contribution >= 4 is 88.3 Å². The number of carboxylic acids is 1. The maximum Gasteiger partial charge on any atom is 0.373 e. The number of carbonyl (C=O) groups is 11. The average molecular weight is 1580 g/mol. The number of cyclic esters (lactones) is 4. The first-order chi connectivity index (χ1) is 56.6. The Labute approximate surface area is 686 Å². The van der Waals surface area contributed by atoms with E-state index in [1.807, 2.05) is 72.8 Å². The zero-order valence-corrected chi connectivity index (χ0v) is 66.9. The van der Waals surface area contributed by atoms with Gasteiger partial charge in [0.25, 0.3) is 23.6 Å². The number of imide groups is 2. The summed E-state index contributed by atoms with van der Waals surface area (Å²) in [5, 5.41) is 9.57. The highest BCUT2D eigenvalue weighted by Gasteiger charge is 2.39. The number of fused-ring (bicyclic) bond motifs is 4. The Morgan fingerprint density at radius 3 is 1.08 bits per heavy atom. The number of rotatable bonds is 16. The molecule has 0 fully saturated rings. The molecule has 0 aromatic heterocycles. The number of nitrogens with zero attached hydrogens (tertiary/aromatic N) is 2. The van der Waals surface area contributed by atoms with Gasteiger partial charge in [-0.1, -0.05) is 223 Å². The molecule has 4 heterocycles. The molecule has 20 nitrogen and oxygen atoms in total. The summed E-state index contributed by atoms with van der Waals surface area (Å²) in [6.07, 6.45) is 0.783. The molecule has 4 aliphatic rings. The van der Waals surface area contributed by atoms with Crippen LogP contribution in [-0.4, -0.2) is 88.2 Å². The molecule has 594 valence electrons. The SMILES string of the molecule is CC(C)(c1ccc(N)cc1)c1ccc(N)cc1.CCC(=O)c1ccc(-c2ccc(C(=O)Cc3ccc(C(C)(C)c4ccc(C)cc4)cc3)cc2)cc1C(=O)O.Cc1ccc(C(C)(C)c2ccc(N3C(=O)c4ccc(-c5ccc6c(c5)C(=O)N(C)C6=O)cc4C3=O)cc2)cc1.O=C1OC(=O)c2cc(-c3ccc4c(c3)C(=O)OC4=O)ccc21.O=C=O. The number of carboxylic acid groups (broad SMARTS) is 1. The normalized spacial score (nSPS) is 13.0. The summed E-state index contributed by atoms with van der Waals surface area (Å²) in [5.41, 5.74) is 30.6. The molecule has 119 heavy (non-hydrogen) atoms. The summed E-state index contributed by atoms with van der Waals surface area (Å²) < 4.78 is 9.06. The van der Waals surface area contributed by atoms with Gasteiger partial charge in [0.1, 0.15) is 0 Å². The van der Waals surface area contributed by atoms with Gasteiger partial charge in [-0.25, -0.2) is 28.9 Å². The van der Waals surface area contributed by atoms with Crippen LogP contribution >= 0.6 is 0 Å². The van der Waals surface area contributed by atoms with Crippen molar-refractivity contribution in [3.8, 4) is 33.4 Å². The molecule has 4 aliphatic heterocycles. The van der Waals surface area contributed by atoms with Gasteiger partial charge < -0.3 is 26.0 Å². The maximum absolute atomic E-state index is 13.5. The number of hydrogen-bond donors (Lipinski definition) is 3. The van der Waals surface area contributed by atoms with Crippen molar-refractivity contribution in [2.45, 2.75) is 91.4 Å². The number of aromatic carboxylic acids is 1. The van der Waals surface area contributed by atoms with E-state index in [-0.39, 0.29) is 91.5 Å². The molecular formula is C99H82N4O16. The Hall–Kier alpha value is -15.0. The molecule has 16 rings (SSSR count). The van der Waals surface area contributed by atoms with Crippen molar-refractivity contribution in [1.29, 1.82) is 0 Å². The summed E-state index contributed by atoms with van der Waals surface area (Å²) >= 11 is 0. The highest BCUT2D eigenvalue weighted by molar-refractivity contribution is 6.35. The van der Waals surface area contributed by atoms with Gasteiger partial charge in [0.2, 0.25) is 0 Å². The van der Waals surface area contributed by atoms with E-state index in [1.54, 1.807) is 79.7 Å². The predicted octanol–water partition coefficient (Wildman–Crippen LogP) is 18.3. The Morgan fingerprint density at radius 1 is 0.361 bits per heavy atom. The number of ether oxygens (including phenoxy) is 2. The minimum absolute atomic E-state index is 0.0106. The molecular weight excluding hydrogens is 1500 g/mol. The number of ketones is 2. The molecule has 0 unspecified atom stereocenters. The third-order valence-electron chi connectivity index (χ3n) is 22.0. The first-order valence-electron chi connectivity index (χ1n) is 38.0. The van der Waals surface area contributed by atoms with Crippen LogP contribution in [0.1, 0.15) is 219 Å². The summed E-state index contributed by atoms with van der Waals surface area (Å²) in [6, 6.07) is 80.2. The second-order valence-corrected chi connectivity index (χ2v) is 30.7. The molecule has 12 aromatic rings. The van der Waals surface area contributed by atoms with E-state index in [0.29, 0.717) is 67.7 Å². The number of aryl methyl sites for hydroxylation is 2. The number of benzene rings is 12. The van der Waals surface area contributed by atoms with Gasteiger partial charge in [0, 0.05) is 58.6 Å². The van der Waals surface area contributed by atoms with Crippen LogP contribution in [0.5, 0.6) is 0 Å². The molecule has 0 bridgehead atoms. The van der Waals surface area contributed by atoms with E-state index >= 15 is 0 Å². The number of Topliss-reactive ketones (excluding diaryl/α,β-unsaturated/α-hetero) is 2. The fourth-order valence-corrected chi connectivity index (χ4v) is 14.5. The van der Waals surface area contributed by atoms with E-state index in [2.05, 4.69) is 150 Å². The van der Waals surface area contributed by atoms with E-state index in [4.69, 9.17) is 21.1 Å². The number of hydrogen-bond acceptors (Lipinski definition) is 17. The minimum atomic E-state index is -1.14. The topological polar surface area (TPSA) is 319 Å². The third kappa shape index (κ3) is 17.4. The number of nitrogens with two attached hydrogens (primary N) is 2. The molecule has 0 saturated carbocycles. The lowest BCUT2D eigenvalue weighted by atomic mass is 9.77. The number of nitrogen functional groups attached to an aromatic ring is 2. The minimum Gasteiger partial charge on any atom is -0.478 e. The first-order valence-corrected chi connectivity index (χ1v) is 38.0. The van der Waals surface area contributed by atoms with Crippen molar-refractivity contribution < 1.29 is 76.9 Å². The summed E-state index contributed by atoms with van der Waals surface area (Å²) in [6.45, 7) is 18.9. The van der Waals surface area contributed by atoms with E-state index in [0.717, 1.165) is 33.0 Å². The Morgan fingerprint density at radius 2 is 0.672 bits per heavy atom. The van der Waals surface area contributed by atoms with Gasteiger partial charge in [-0.3, -0.25) is 33.7 Å². The largest absolute Gasteiger partial charge is 0.478 e. The van der Waals surface area contributed by atoms with Crippen LogP contribution < -0.4 is 16.4 Å². The fraction of sp³-hybridized carbons (Fsp3) is 0.152.